The molecule has 31 heavy (non-hydrogen) atoms. The van der Waals surface area contributed by atoms with E-state index in [0.717, 1.165) is 12.1 Å². The molecule has 3 rings (SSSR count). The van der Waals surface area contributed by atoms with Gasteiger partial charge < -0.3 is 4.74 Å². The summed E-state index contributed by atoms with van der Waals surface area (Å²) in [5.74, 6) is -0.630. The van der Waals surface area contributed by atoms with E-state index in [4.69, 9.17) is 4.74 Å². The van der Waals surface area contributed by atoms with Crippen molar-refractivity contribution in [2.75, 3.05) is 18.5 Å². The van der Waals surface area contributed by atoms with E-state index in [1.807, 2.05) is 0 Å². The molecule has 7 nitrogen and oxygen atoms in total. The van der Waals surface area contributed by atoms with Crippen molar-refractivity contribution in [1.82, 2.24) is 9.73 Å². The molecule has 1 amide bonds. The number of nitrogens with zero attached hydrogens (tertiary/aromatic N) is 1. The van der Waals surface area contributed by atoms with Crippen LogP contribution in [0.25, 0.3) is 0 Å². The number of carbonyl (C=O) groups excluding carboxylic acids is 1. The van der Waals surface area contributed by atoms with Crippen LogP contribution >= 0.6 is 0 Å². The number of ether oxygens (including phenoxy) is 1. The first-order valence-electron chi connectivity index (χ1n) is 9.46. The molecule has 11 heteroatoms. The summed E-state index contributed by atoms with van der Waals surface area (Å²) in [5, 5.41) is 0. The molecule has 2 aromatic carbocycles. The molecule has 0 aromatic heterocycles. The van der Waals surface area contributed by atoms with Crippen LogP contribution in [0.3, 0.4) is 0 Å². The molecule has 1 aliphatic heterocycles. The third-order valence-corrected chi connectivity index (χ3v) is 6.50. The summed E-state index contributed by atoms with van der Waals surface area (Å²) in [6.07, 6.45) is -4.96. The number of halogens is 3. The Balaban J connectivity index is 1.66. The number of hydrogen-bond donors (Lipinski definition) is 2. The van der Waals surface area contributed by atoms with E-state index in [1.165, 1.54) is 40.7 Å². The van der Waals surface area contributed by atoms with Crippen molar-refractivity contribution < 1.29 is 31.1 Å². The first-order valence-corrected chi connectivity index (χ1v) is 10.9. The van der Waals surface area contributed by atoms with Crippen LogP contribution in [-0.4, -0.2) is 43.9 Å². The summed E-state index contributed by atoms with van der Waals surface area (Å²) in [4.78, 5) is 12.3. The number of hydrogen-bond acceptors (Lipinski definition) is 5. The van der Waals surface area contributed by atoms with Gasteiger partial charge in [0.1, 0.15) is 0 Å². The minimum atomic E-state index is -4.50. The minimum Gasteiger partial charge on any atom is -0.373 e. The van der Waals surface area contributed by atoms with Crippen molar-refractivity contribution in [3.63, 3.8) is 0 Å². The lowest BCUT2D eigenvalue weighted by Crippen LogP contribution is -2.48. The van der Waals surface area contributed by atoms with Crippen LogP contribution in [0.4, 0.5) is 18.9 Å². The van der Waals surface area contributed by atoms with Gasteiger partial charge in [0.05, 0.1) is 28.4 Å². The number of anilines is 1. The molecule has 0 unspecified atom stereocenters. The predicted molar refractivity (Wildman–Crippen MR) is 108 cm³/mol. The Kier molecular flexibility index (Phi) is 6.58. The number of rotatable bonds is 5. The summed E-state index contributed by atoms with van der Waals surface area (Å²) in [7, 11) is -3.74. The highest BCUT2D eigenvalue weighted by molar-refractivity contribution is 7.89. The molecule has 2 atom stereocenters. The monoisotopic (exact) mass is 457 g/mol. The average molecular weight is 457 g/mol. The van der Waals surface area contributed by atoms with E-state index in [9.17, 15) is 26.4 Å². The normalized spacial score (nSPS) is 20.3. The number of nitrogens with one attached hydrogen (secondary N) is 2. The molecule has 168 valence electrons. The number of benzene rings is 2. The van der Waals surface area contributed by atoms with Crippen LogP contribution in [0.15, 0.2) is 53.4 Å². The van der Waals surface area contributed by atoms with Gasteiger partial charge in [0.15, 0.2) is 0 Å². The van der Waals surface area contributed by atoms with Gasteiger partial charge in [-0.15, -0.1) is 0 Å². The second-order valence-corrected chi connectivity index (χ2v) is 9.20. The highest BCUT2D eigenvalue weighted by Gasteiger charge is 2.32. The maximum Gasteiger partial charge on any atom is 0.416 e. The Morgan fingerprint density at radius 3 is 2.26 bits per heavy atom. The zero-order chi connectivity index (χ0) is 22.8. The predicted octanol–water partition coefficient (Wildman–Crippen LogP) is 3.26. The fourth-order valence-corrected chi connectivity index (χ4v) is 4.82. The van der Waals surface area contributed by atoms with Gasteiger partial charge in [-0.2, -0.15) is 17.5 Å². The van der Waals surface area contributed by atoms with E-state index >= 15 is 0 Å². The van der Waals surface area contributed by atoms with Crippen molar-refractivity contribution in [2.45, 2.75) is 37.1 Å². The van der Waals surface area contributed by atoms with E-state index in [2.05, 4.69) is 10.9 Å². The molecule has 2 aromatic rings. The molecule has 1 fully saturated rings. The molecule has 0 aliphatic carbocycles. The van der Waals surface area contributed by atoms with Crippen LogP contribution in [0.2, 0.25) is 0 Å². The van der Waals surface area contributed by atoms with Gasteiger partial charge in [-0.1, -0.05) is 6.07 Å². The second kappa shape index (κ2) is 8.85. The Hall–Kier alpha value is -2.63. The van der Waals surface area contributed by atoms with Crippen LogP contribution in [0, 0.1) is 0 Å². The summed E-state index contributed by atoms with van der Waals surface area (Å²) in [6.45, 7) is 4.05. The number of sulfonamides is 1. The zero-order valence-electron chi connectivity index (χ0n) is 16.8. The molecule has 2 N–H and O–H groups in total. The van der Waals surface area contributed by atoms with Crippen molar-refractivity contribution >= 4 is 21.6 Å². The van der Waals surface area contributed by atoms with Gasteiger partial charge in [0, 0.05) is 18.7 Å². The standard InChI is InChI=1S/C20H22F3N3O4S/c1-13-11-26(12-14(2)30-13)31(28,29)18-8-6-15(7-9-18)19(27)25-24-17-5-3-4-16(10-17)20(21,22)23/h3-10,13-14,24H,11-12H2,1-2H3,(H,25,27)/t13-,14-/m1/s1. The lowest BCUT2D eigenvalue weighted by Gasteiger charge is -2.34. The fraction of sp³-hybridized carbons (Fsp3) is 0.350. The molecule has 0 spiro atoms. The van der Waals surface area contributed by atoms with Crippen molar-refractivity contribution in [3.05, 3.63) is 59.7 Å². The molecular formula is C20H22F3N3O4S. The summed E-state index contributed by atoms with van der Waals surface area (Å²) in [6, 6.07) is 9.67. The molecule has 1 aliphatic rings. The van der Waals surface area contributed by atoms with E-state index in [1.54, 1.807) is 13.8 Å². The minimum absolute atomic E-state index is 0.0381. The first kappa shape index (κ1) is 23.0. The van der Waals surface area contributed by atoms with Crippen LogP contribution in [0.1, 0.15) is 29.8 Å². The molecule has 0 saturated carbocycles. The average Bonchev–Trinajstić information content (AvgIpc) is 2.71. The molecule has 0 bridgehead atoms. The maximum absolute atomic E-state index is 12.8. The number of morpholine rings is 1. The van der Waals surface area contributed by atoms with Crippen molar-refractivity contribution in [1.29, 1.82) is 0 Å². The topological polar surface area (TPSA) is 87.7 Å². The zero-order valence-corrected chi connectivity index (χ0v) is 17.6. The van der Waals surface area contributed by atoms with Crippen molar-refractivity contribution in [2.24, 2.45) is 0 Å². The number of carbonyl (C=O) groups is 1. The highest BCUT2D eigenvalue weighted by atomic mass is 32.2. The quantitative estimate of drug-likeness (QED) is 0.673. The second-order valence-electron chi connectivity index (χ2n) is 7.26. The van der Waals surface area contributed by atoms with Crippen molar-refractivity contribution in [3.8, 4) is 0 Å². The smallest absolute Gasteiger partial charge is 0.373 e. The Morgan fingerprint density at radius 1 is 1.06 bits per heavy atom. The van der Waals surface area contributed by atoms with E-state index in [0.29, 0.717) is 0 Å². The maximum atomic E-state index is 12.8. The number of alkyl halides is 3. The van der Waals surface area contributed by atoms with Crippen LogP contribution in [-0.2, 0) is 20.9 Å². The van der Waals surface area contributed by atoms with Gasteiger partial charge in [-0.05, 0) is 56.3 Å². The molecule has 1 heterocycles. The van der Waals surface area contributed by atoms with E-state index < -0.39 is 27.7 Å². The molecule has 1 saturated heterocycles. The Bertz CT molecular complexity index is 1030. The summed E-state index contributed by atoms with van der Waals surface area (Å²) < 4.78 is 70.9. The highest BCUT2D eigenvalue weighted by Crippen LogP contribution is 2.30. The number of hydrazine groups is 1. The lowest BCUT2D eigenvalue weighted by molar-refractivity contribution is -0.137. The van der Waals surface area contributed by atoms with Crippen LogP contribution < -0.4 is 10.9 Å². The summed E-state index contributed by atoms with van der Waals surface area (Å²) >= 11 is 0. The van der Waals surface area contributed by atoms with Gasteiger partial charge in [-0.25, -0.2) is 8.42 Å². The van der Waals surface area contributed by atoms with Crippen LogP contribution in [0.5, 0.6) is 0 Å². The van der Waals surface area contributed by atoms with Gasteiger partial charge in [0.2, 0.25) is 10.0 Å². The van der Waals surface area contributed by atoms with Gasteiger partial charge >= 0.3 is 6.18 Å². The third kappa shape index (κ3) is 5.54. The van der Waals surface area contributed by atoms with Gasteiger partial charge in [-0.3, -0.25) is 15.6 Å². The Labute approximate surface area is 178 Å². The third-order valence-electron chi connectivity index (χ3n) is 4.65. The number of amides is 1. The Morgan fingerprint density at radius 2 is 1.68 bits per heavy atom. The van der Waals surface area contributed by atoms with E-state index in [-0.39, 0.29) is 41.4 Å². The first-order chi connectivity index (χ1) is 14.5. The molecular weight excluding hydrogens is 435 g/mol. The van der Waals surface area contributed by atoms with Gasteiger partial charge in [0.25, 0.3) is 5.91 Å². The largest absolute Gasteiger partial charge is 0.416 e. The molecule has 0 radical (unpaired) electrons. The SMILES string of the molecule is C[C@@H]1CN(S(=O)(=O)c2ccc(C(=O)NNc3cccc(C(F)(F)F)c3)cc2)C[C@@H](C)O1. The fourth-order valence-electron chi connectivity index (χ4n) is 3.23. The summed E-state index contributed by atoms with van der Waals surface area (Å²) in [5.41, 5.74) is 4.06. The lowest BCUT2D eigenvalue weighted by atomic mass is 10.2.